The molecule has 2 heterocycles. The molecule has 0 unspecified atom stereocenters. The van der Waals surface area contributed by atoms with Crippen LogP contribution in [0.15, 0.2) is 60.8 Å². The number of aromatic nitrogens is 1. The van der Waals surface area contributed by atoms with Crippen molar-refractivity contribution in [2.45, 2.75) is 32.5 Å². The van der Waals surface area contributed by atoms with Crippen molar-refractivity contribution in [3.05, 3.63) is 83.2 Å². The van der Waals surface area contributed by atoms with Crippen LogP contribution in [0.2, 0.25) is 0 Å². The Morgan fingerprint density at radius 2 is 1.79 bits per heavy atom. The van der Waals surface area contributed by atoms with E-state index in [2.05, 4.69) is 65.1 Å². The van der Waals surface area contributed by atoms with Crippen LogP contribution < -0.4 is 9.47 Å². The van der Waals surface area contributed by atoms with Crippen LogP contribution in [0.1, 0.15) is 34.8 Å². The molecule has 4 rings (SSSR count). The molecule has 0 amide bonds. The molecule has 0 saturated heterocycles. The van der Waals surface area contributed by atoms with Crippen molar-refractivity contribution in [2.24, 2.45) is 0 Å². The van der Waals surface area contributed by atoms with E-state index in [0.29, 0.717) is 0 Å². The summed E-state index contributed by atoms with van der Waals surface area (Å²) in [6, 6.07) is 19.7. The van der Waals surface area contributed by atoms with Crippen molar-refractivity contribution in [3.8, 4) is 11.5 Å². The Kier molecular flexibility index (Phi) is 5.40. The summed E-state index contributed by atoms with van der Waals surface area (Å²) < 4.78 is 13.4. The molecule has 0 aliphatic carbocycles. The predicted octanol–water partition coefficient (Wildman–Crippen LogP) is 4.81. The van der Waals surface area contributed by atoms with Gasteiger partial charge in [0.2, 0.25) is 0 Å². The number of hydrogen-bond acceptors (Lipinski definition) is 3. The zero-order valence-corrected chi connectivity index (χ0v) is 16.9. The number of fused-ring (bicyclic) bond motifs is 1. The van der Waals surface area contributed by atoms with Gasteiger partial charge in [0.25, 0.3) is 0 Å². The Labute approximate surface area is 167 Å². The first-order valence-electron chi connectivity index (χ1n) is 9.86. The van der Waals surface area contributed by atoms with E-state index in [4.69, 9.17) is 9.47 Å². The summed E-state index contributed by atoms with van der Waals surface area (Å²) in [5.74, 6) is 1.70. The van der Waals surface area contributed by atoms with Crippen molar-refractivity contribution >= 4 is 0 Å². The molecule has 4 nitrogen and oxygen atoms in total. The van der Waals surface area contributed by atoms with E-state index in [-0.39, 0.29) is 6.04 Å². The van der Waals surface area contributed by atoms with Crippen LogP contribution in [0.4, 0.5) is 0 Å². The quantitative estimate of drug-likeness (QED) is 0.639. The maximum Gasteiger partial charge on any atom is 0.127 e. The number of ether oxygens (including phenoxy) is 2. The third kappa shape index (κ3) is 3.65. The number of rotatable bonds is 5. The monoisotopic (exact) mass is 376 g/mol. The molecule has 0 bridgehead atoms. The van der Waals surface area contributed by atoms with Crippen molar-refractivity contribution in [2.75, 3.05) is 20.8 Å². The van der Waals surface area contributed by atoms with Gasteiger partial charge in [0.05, 0.1) is 20.3 Å². The first-order valence-corrected chi connectivity index (χ1v) is 9.86. The van der Waals surface area contributed by atoms with Gasteiger partial charge in [-0.15, -0.1) is 0 Å². The second-order valence-corrected chi connectivity index (χ2v) is 7.44. The van der Waals surface area contributed by atoms with Gasteiger partial charge in [0, 0.05) is 43.2 Å². The van der Waals surface area contributed by atoms with Gasteiger partial charge < -0.3 is 14.0 Å². The molecule has 1 atom stereocenters. The molecule has 0 radical (unpaired) electrons. The minimum atomic E-state index is 0.227. The van der Waals surface area contributed by atoms with Crippen LogP contribution in [0.25, 0.3) is 0 Å². The second-order valence-electron chi connectivity index (χ2n) is 7.44. The fourth-order valence-corrected chi connectivity index (χ4v) is 4.14. The van der Waals surface area contributed by atoms with E-state index in [9.17, 15) is 0 Å². The highest BCUT2D eigenvalue weighted by Crippen LogP contribution is 2.35. The minimum Gasteiger partial charge on any atom is -0.497 e. The van der Waals surface area contributed by atoms with Crippen molar-refractivity contribution in [3.63, 3.8) is 0 Å². The topological polar surface area (TPSA) is 26.6 Å². The molecular formula is C24H28N2O2. The lowest BCUT2D eigenvalue weighted by atomic mass is 9.99. The van der Waals surface area contributed by atoms with E-state index < -0.39 is 0 Å². The fraction of sp³-hybridized carbons (Fsp3) is 0.333. The van der Waals surface area contributed by atoms with Crippen molar-refractivity contribution < 1.29 is 9.47 Å². The number of aryl methyl sites for hydroxylation is 2. The Bertz CT molecular complexity index is 930. The van der Waals surface area contributed by atoms with E-state index in [1.807, 2.05) is 12.1 Å². The maximum atomic E-state index is 5.66. The normalized spacial score (nSPS) is 17.0. The van der Waals surface area contributed by atoms with Gasteiger partial charge in [-0.05, 0) is 37.1 Å². The summed E-state index contributed by atoms with van der Waals surface area (Å²) in [7, 11) is 3.41. The smallest absolute Gasteiger partial charge is 0.127 e. The van der Waals surface area contributed by atoms with Gasteiger partial charge in [-0.3, -0.25) is 4.90 Å². The number of nitrogens with zero attached hydrogens (tertiary/aromatic N) is 2. The third-order valence-corrected chi connectivity index (χ3v) is 5.62. The Morgan fingerprint density at radius 1 is 0.964 bits per heavy atom. The van der Waals surface area contributed by atoms with Crippen LogP contribution in [0, 0.1) is 6.92 Å². The summed E-state index contributed by atoms with van der Waals surface area (Å²) in [5, 5.41) is 0. The first kappa shape index (κ1) is 18.6. The van der Waals surface area contributed by atoms with E-state index in [0.717, 1.165) is 37.6 Å². The minimum absolute atomic E-state index is 0.227. The fourth-order valence-electron chi connectivity index (χ4n) is 4.14. The zero-order chi connectivity index (χ0) is 19.5. The molecule has 1 aliphatic heterocycles. The highest BCUT2D eigenvalue weighted by molar-refractivity contribution is 5.41. The van der Waals surface area contributed by atoms with Crippen LogP contribution in [0.3, 0.4) is 0 Å². The summed E-state index contributed by atoms with van der Waals surface area (Å²) in [6.07, 6.45) is 3.33. The molecule has 28 heavy (non-hydrogen) atoms. The van der Waals surface area contributed by atoms with Gasteiger partial charge in [-0.2, -0.15) is 0 Å². The number of hydrogen-bond donors (Lipinski definition) is 0. The summed E-state index contributed by atoms with van der Waals surface area (Å²) in [5.41, 5.74) is 5.16. The van der Waals surface area contributed by atoms with Gasteiger partial charge in [-0.25, -0.2) is 0 Å². The summed E-state index contributed by atoms with van der Waals surface area (Å²) in [6.45, 7) is 5.06. The second kappa shape index (κ2) is 8.11. The standard InChI is InChI=1S/C24H28N2O2/c1-18-7-9-19(10-8-18)24-22-6-4-13-25(22)14-5-15-26(24)17-20-11-12-21(27-2)16-23(20)28-3/h4,6-13,16,24H,5,14-15,17H2,1-3H3/t24-/m0/s1. The highest BCUT2D eigenvalue weighted by Gasteiger charge is 2.28. The SMILES string of the molecule is COc1ccc(CN2CCCn3cccc3[C@@H]2c2ccc(C)cc2)c(OC)c1. The Balaban J connectivity index is 1.73. The largest absolute Gasteiger partial charge is 0.497 e. The molecule has 3 aromatic rings. The molecule has 0 N–H and O–H groups in total. The van der Waals surface area contributed by atoms with Crippen molar-refractivity contribution in [1.29, 1.82) is 0 Å². The lowest BCUT2D eigenvalue weighted by Gasteiger charge is -2.31. The molecule has 1 aromatic heterocycles. The maximum absolute atomic E-state index is 5.66. The predicted molar refractivity (Wildman–Crippen MR) is 112 cm³/mol. The van der Waals surface area contributed by atoms with E-state index in [1.54, 1.807) is 14.2 Å². The van der Waals surface area contributed by atoms with Gasteiger partial charge >= 0.3 is 0 Å². The molecule has 0 saturated carbocycles. The number of methoxy groups -OCH3 is 2. The third-order valence-electron chi connectivity index (χ3n) is 5.62. The Morgan fingerprint density at radius 3 is 2.54 bits per heavy atom. The summed E-state index contributed by atoms with van der Waals surface area (Å²) >= 11 is 0. The van der Waals surface area contributed by atoms with Crippen molar-refractivity contribution in [1.82, 2.24) is 9.47 Å². The van der Waals surface area contributed by atoms with Gasteiger partial charge in [0.15, 0.2) is 0 Å². The van der Waals surface area contributed by atoms with E-state index in [1.165, 1.54) is 22.4 Å². The molecule has 4 heteroatoms. The van der Waals surface area contributed by atoms with Gasteiger partial charge in [0.1, 0.15) is 11.5 Å². The molecule has 1 aliphatic rings. The lowest BCUT2D eigenvalue weighted by molar-refractivity contribution is 0.217. The molecule has 2 aromatic carbocycles. The summed E-state index contributed by atoms with van der Waals surface area (Å²) in [4.78, 5) is 2.56. The average Bonchev–Trinajstić information content (AvgIpc) is 3.11. The molecule has 0 fully saturated rings. The zero-order valence-electron chi connectivity index (χ0n) is 16.9. The number of benzene rings is 2. The highest BCUT2D eigenvalue weighted by atomic mass is 16.5. The molecule has 146 valence electrons. The van der Waals surface area contributed by atoms with Crippen LogP contribution in [-0.2, 0) is 13.1 Å². The van der Waals surface area contributed by atoms with Gasteiger partial charge in [-0.1, -0.05) is 35.9 Å². The average molecular weight is 377 g/mol. The van der Waals surface area contributed by atoms with Crippen LogP contribution in [0.5, 0.6) is 11.5 Å². The van der Waals surface area contributed by atoms with Crippen LogP contribution in [-0.4, -0.2) is 30.2 Å². The molecular weight excluding hydrogens is 348 g/mol. The van der Waals surface area contributed by atoms with Crippen LogP contribution >= 0.6 is 0 Å². The lowest BCUT2D eigenvalue weighted by Crippen LogP contribution is -2.29. The van der Waals surface area contributed by atoms with E-state index >= 15 is 0 Å². The Hall–Kier alpha value is -2.72. The molecule has 0 spiro atoms. The first-order chi connectivity index (χ1) is 13.7.